The second-order valence-electron chi connectivity index (χ2n) is 9.77. The fourth-order valence-corrected chi connectivity index (χ4v) is 5.34. The highest BCUT2D eigenvalue weighted by molar-refractivity contribution is 5.94. The zero-order chi connectivity index (χ0) is 26.1. The van der Waals surface area contributed by atoms with Crippen molar-refractivity contribution in [2.45, 2.75) is 32.0 Å². The summed E-state index contributed by atoms with van der Waals surface area (Å²) in [5.41, 5.74) is 4.73. The van der Waals surface area contributed by atoms with Crippen LogP contribution in [0.5, 0.6) is 5.75 Å². The molecule has 1 aromatic heterocycles. The number of aryl methyl sites for hydroxylation is 1. The number of nitrogens with zero attached hydrogens (tertiary/aromatic N) is 2. The summed E-state index contributed by atoms with van der Waals surface area (Å²) in [7, 11) is 1.65. The van der Waals surface area contributed by atoms with Crippen molar-refractivity contribution in [1.29, 1.82) is 0 Å². The third kappa shape index (κ3) is 5.27. The van der Waals surface area contributed by atoms with E-state index in [4.69, 9.17) is 9.47 Å². The Morgan fingerprint density at radius 1 is 1.27 bits per heavy atom. The molecule has 0 bridgehead atoms. The largest absolute Gasteiger partial charge is 0.496 e. The van der Waals surface area contributed by atoms with Crippen LogP contribution in [0.3, 0.4) is 0 Å². The van der Waals surface area contributed by atoms with Crippen LogP contribution in [-0.2, 0) is 11.3 Å². The first kappa shape index (κ1) is 25.4. The zero-order valence-corrected chi connectivity index (χ0v) is 21.0. The molecule has 0 unspecified atom stereocenters. The summed E-state index contributed by atoms with van der Waals surface area (Å²) in [4.78, 5) is 19.2. The maximum Gasteiger partial charge on any atom is 0.337 e. The number of ether oxygens (including phenoxy) is 2. The molecule has 37 heavy (non-hydrogen) atoms. The Bertz CT molecular complexity index is 1280. The first-order valence-electron chi connectivity index (χ1n) is 12.4. The van der Waals surface area contributed by atoms with Crippen LogP contribution in [0.15, 0.2) is 36.5 Å². The Morgan fingerprint density at radius 2 is 2.08 bits per heavy atom. The van der Waals surface area contributed by atoms with E-state index in [0.717, 1.165) is 33.3 Å². The van der Waals surface area contributed by atoms with E-state index in [1.165, 1.54) is 0 Å². The first-order chi connectivity index (χ1) is 17.8. The SMILES string of the molecule is COc1cc(C)c2[nH]ccc2c1CN1CCN(CC(F)F)C[C@H]1c1ccc(C(=O)O)c(NC2COC2)c1. The maximum absolute atomic E-state index is 13.3. The van der Waals surface area contributed by atoms with Crippen LogP contribution >= 0.6 is 0 Å². The van der Waals surface area contributed by atoms with Gasteiger partial charge < -0.3 is 24.9 Å². The second-order valence-corrected chi connectivity index (χ2v) is 9.77. The monoisotopic (exact) mass is 514 g/mol. The number of nitrogens with one attached hydrogen (secondary N) is 2. The molecule has 2 saturated heterocycles. The Balaban J connectivity index is 1.51. The molecule has 1 atom stereocenters. The number of H-pyrrole nitrogens is 1. The minimum atomic E-state index is -2.42. The number of fused-ring (bicyclic) bond motifs is 1. The van der Waals surface area contributed by atoms with Gasteiger partial charge in [0.05, 0.1) is 38.5 Å². The minimum Gasteiger partial charge on any atom is -0.496 e. The van der Waals surface area contributed by atoms with Crippen LogP contribution in [0.25, 0.3) is 10.9 Å². The summed E-state index contributed by atoms with van der Waals surface area (Å²) in [5.74, 6) is -0.236. The van der Waals surface area contributed by atoms with E-state index >= 15 is 0 Å². The molecule has 198 valence electrons. The van der Waals surface area contributed by atoms with Crippen molar-refractivity contribution >= 4 is 22.6 Å². The summed E-state index contributed by atoms with van der Waals surface area (Å²) in [6.07, 6.45) is -0.514. The van der Waals surface area contributed by atoms with Gasteiger partial charge in [-0.3, -0.25) is 9.80 Å². The van der Waals surface area contributed by atoms with E-state index in [0.29, 0.717) is 45.1 Å². The number of methoxy groups -OCH3 is 1. The van der Waals surface area contributed by atoms with Gasteiger partial charge >= 0.3 is 5.97 Å². The van der Waals surface area contributed by atoms with E-state index in [-0.39, 0.29) is 24.2 Å². The average Bonchev–Trinajstić information content (AvgIpc) is 3.34. The third-order valence-corrected chi connectivity index (χ3v) is 7.32. The number of alkyl halides is 2. The molecule has 5 rings (SSSR count). The highest BCUT2D eigenvalue weighted by Crippen LogP contribution is 2.36. The number of hydrogen-bond acceptors (Lipinski definition) is 6. The molecule has 2 aliphatic heterocycles. The van der Waals surface area contributed by atoms with Crippen LogP contribution in [-0.4, -0.2) is 84.8 Å². The van der Waals surface area contributed by atoms with Crippen LogP contribution in [0, 0.1) is 6.92 Å². The van der Waals surface area contributed by atoms with Crippen molar-refractivity contribution in [3.63, 3.8) is 0 Å². The smallest absolute Gasteiger partial charge is 0.337 e. The second kappa shape index (κ2) is 10.6. The maximum atomic E-state index is 13.3. The number of carboxylic acid groups (broad SMARTS) is 1. The third-order valence-electron chi connectivity index (χ3n) is 7.32. The van der Waals surface area contributed by atoms with Gasteiger partial charge in [0.2, 0.25) is 0 Å². The van der Waals surface area contributed by atoms with Gasteiger partial charge in [-0.1, -0.05) is 6.07 Å². The van der Waals surface area contributed by atoms with Gasteiger partial charge in [0.1, 0.15) is 5.75 Å². The van der Waals surface area contributed by atoms with E-state index in [9.17, 15) is 18.7 Å². The molecule has 0 amide bonds. The molecule has 2 aliphatic rings. The lowest BCUT2D eigenvalue weighted by molar-refractivity contribution is 0.0209. The fraction of sp³-hybridized carbons (Fsp3) is 0.444. The fourth-order valence-electron chi connectivity index (χ4n) is 5.34. The number of aromatic amines is 1. The van der Waals surface area contributed by atoms with Crippen molar-refractivity contribution in [3.05, 3.63) is 58.8 Å². The van der Waals surface area contributed by atoms with E-state index in [1.54, 1.807) is 24.1 Å². The van der Waals surface area contributed by atoms with Crippen molar-refractivity contribution in [2.24, 2.45) is 0 Å². The predicted molar refractivity (Wildman–Crippen MR) is 137 cm³/mol. The zero-order valence-electron chi connectivity index (χ0n) is 21.0. The molecule has 3 aromatic rings. The molecule has 0 radical (unpaired) electrons. The molecule has 0 saturated carbocycles. The molecule has 8 nitrogen and oxygen atoms in total. The number of halogens is 2. The average molecular weight is 515 g/mol. The number of aromatic nitrogens is 1. The van der Waals surface area contributed by atoms with Gasteiger partial charge in [-0.05, 0) is 42.3 Å². The summed E-state index contributed by atoms with van der Waals surface area (Å²) < 4.78 is 37.6. The Hall–Kier alpha value is -3.21. The summed E-state index contributed by atoms with van der Waals surface area (Å²) in [6, 6.07) is 9.13. The van der Waals surface area contributed by atoms with Crippen molar-refractivity contribution in [2.75, 3.05) is 51.8 Å². The molecule has 3 N–H and O–H groups in total. The van der Waals surface area contributed by atoms with Crippen molar-refractivity contribution < 1.29 is 28.2 Å². The quantitative estimate of drug-likeness (QED) is 0.396. The topological polar surface area (TPSA) is 90.1 Å². The predicted octanol–water partition coefficient (Wildman–Crippen LogP) is 4.12. The van der Waals surface area contributed by atoms with Gasteiger partial charge in [0.25, 0.3) is 6.43 Å². The first-order valence-corrected chi connectivity index (χ1v) is 12.4. The summed E-state index contributed by atoms with van der Waals surface area (Å²) in [5, 5.41) is 14.1. The van der Waals surface area contributed by atoms with E-state index < -0.39 is 12.4 Å². The number of hydrogen-bond donors (Lipinski definition) is 3. The lowest BCUT2D eigenvalue weighted by Gasteiger charge is -2.42. The van der Waals surface area contributed by atoms with Gasteiger partial charge in [-0.2, -0.15) is 0 Å². The highest BCUT2D eigenvalue weighted by atomic mass is 19.3. The van der Waals surface area contributed by atoms with Crippen LogP contribution in [0.4, 0.5) is 14.5 Å². The number of aromatic carboxylic acids is 1. The van der Waals surface area contributed by atoms with Crippen molar-refractivity contribution in [1.82, 2.24) is 14.8 Å². The number of rotatable bonds is 9. The van der Waals surface area contributed by atoms with Crippen LogP contribution in [0.2, 0.25) is 0 Å². The number of benzene rings is 2. The molecule has 3 heterocycles. The van der Waals surface area contributed by atoms with Gasteiger partial charge in [-0.25, -0.2) is 13.6 Å². The summed E-state index contributed by atoms with van der Waals surface area (Å²) >= 11 is 0. The molecule has 10 heteroatoms. The molecule has 2 aromatic carbocycles. The number of piperazine rings is 1. The van der Waals surface area contributed by atoms with Crippen LogP contribution < -0.4 is 10.1 Å². The molecule has 2 fully saturated rings. The highest BCUT2D eigenvalue weighted by Gasteiger charge is 2.32. The lowest BCUT2D eigenvalue weighted by Crippen LogP contribution is -2.49. The molecule has 0 aliphatic carbocycles. The van der Waals surface area contributed by atoms with Gasteiger partial charge in [0.15, 0.2) is 0 Å². The number of anilines is 1. The van der Waals surface area contributed by atoms with Gasteiger partial charge in [0, 0.05) is 60.6 Å². The minimum absolute atomic E-state index is 0.0461. The summed E-state index contributed by atoms with van der Waals surface area (Å²) in [6.45, 7) is 4.84. The Kier molecular flexibility index (Phi) is 7.32. The number of carboxylic acids is 1. The van der Waals surface area contributed by atoms with Gasteiger partial charge in [-0.15, -0.1) is 0 Å². The van der Waals surface area contributed by atoms with Crippen molar-refractivity contribution in [3.8, 4) is 5.75 Å². The van der Waals surface area contributed by atoms with E-state index in [1.807, 2.05) is 31.3 Å². The number of carbonyl (C=O) groups is 1. The van der Waals surface area contributed by atoms with Crippen LogP contribution in [0.1, 0.15) is 33.1 Å². The lowest BCUT2D eigenvalue weighted by atomic mass is 9.97. The molecule has 0 spiro atoms. The standard InChI is InChI=1S/C27H32F2N4O4/c1-16-9-24(36-2)21(19-5-6-30-26(16)19)11-33-8-7-32(13-25(28)29)12-23(33)17-3-4-20(27(34)35)22(10-17)31-18-14-37-15-18/h3-6,9-10,18,23,25,30-31H,7-8,11-15H2,1-2H3,(H,34,35)/t23-/m0/s1. The Morgan fingerprint density at radius 3 is 2.76 bits per heavy atom. The molecular formula is C27H32F2N4O4. The molecular weight excluding hydrogens is 482 g/mol. The Labute approximate surface area is 214 Å². The van der Waals surface area contributed by atoms with E-state index in [2.05, 4.69) is 15.2 Å². The normalized spacial score (nSPS) is 19.3.